The Morgan fingerprint density at radius 3 is 2.65 bits per heavy atom. The summed E-state index contributed by atoms with van der Waals surface area (Å²) in [6, 6.07) is 3.44. The van der Waals surface area contributed by atoms with Crippen molar-refractivity contribution in [2.24, 2.45) is 0 Å². The van der Waals surface area contributed by atoms with E-state index in [1.807, 2.05) is 0 Å². The zero-order valence-electron chi connectivity index (χ0n) is 10.9. The first-order valence-corrected chi connectivity index (χ1v) is 5.87. The highest BCUT2D eigenvalue weighted by atomic mass is 16.5. The number of hydrogen-bond donors (Lipinski definition) is 1. The van der Waals surface area contributed by atoms with Crippen molar-refractivity contribution in [3.05, 3.63) is 23.9 Å². The number of anilines is 1. The van der Waals surface area contributed by atoms with Crippen LogP contribution in [0.1, 0.15) is 44.0 Å². The van der Waals surface area contributed by atoms with E-state index in [0.29, 0.717) is 11.4 Å². The molecule has 17 heavy (non-hydrogen) atoms. The molecule has 4 heteroatoms. The van der Waals surface area contributed by atoms with Crippen molar-refractivity contribution in [1.82, 2.24) is 4.98 Å². The molecule has 0 amide bonds. The van der Waals surface area contributed by atoms with Crippen LogP contribution in [0.4, 0.5) is 5.82 Å². The zero-order valence-corrected chi connectivity index (χ0v) is 10.9. The summed E-state index contributed by atoms with van der Waals surface area (Å²) < 4.78 is 4.74. The lowest BCUT2D eigenvalue weighted by Crippen LogP contribution is -2.34. The molecule has 4 nitrogen and oxygen atoms in total. The van der Waals surface area contributed by atoms with Crippen LogP contribution in [0.15, 0.2) is 18.3 Å². The molecule has 0 atom stereocenters. The van der Waals surface area contributed by atoms with Gasteiger partial charge in [0.05, 0.1) is 7.11 Å². The number of hydrogen-bond acceptors (Lipinski definition) is 4. The molecule has 94 valence electrons. The maximum atomic E-state index is 11.6. The minimum absolute atomic E-state index is 0.0584. The molecule has 1 N–H and O–H groups in total. The normalized spacial score (nSPS) is 11.1. The largest absolute Gasteiger partial charge is 0.465 e. The summed E-state index contributed by atoms with van der Waals surface area (Å²) in [4.78, 5) is 15.8. The Kier molecular flexibility index (Phi) is 4.49. The number of nitrogens with zero attached hydrogens (tertiary/aromatic N) is 1. The van der Waals surface area contributed by atoms with Crippen LogP contribution in [0.25, 0.3) is 0 Å². The van der Waals surface area contributed by atoms with Gasteiger partial charge >= 0.3 is 5.97 Å². The monoisotopic (exact) mass is 236 g/mol. The molecule has 0 fully saturated rings. The molecule has 0 saturated heterocycles. The maximum Gasteiger partial charge on any atom is 0.341 e. The number of rotatable bonds is 5. The molecule has 0 aromatic carbocycles. The number of esters is 1. The quantitative estimate of drug-likeness (QED) is 0.799. The molecule has 1 rings (SSSR count). The van der Waals surface area contributed by atoms with E-state index in [-0.39, 0.29) is 11.5 Å². The third-order valence-electron chi connectivity index (χ3n) is 3.19. The molecular weight excluding hydrogens is 216 g/mol. The predicted octanol–water partition coefficient (Wildman–Crippen LogP) is 2.86. The van der Waals surface area contributed by atoms with Crippen LogP contribution in [-0.4, -0.2) is 23.6 Å². The van der Waals surface area contributed by atoms with Crippen LogP contribution >= 0.6 is 0 Å². The summed E-state index contributed by atoms with van der Waals surface area (Å²) in [5, 5.41) is 3.33. The average molecular weight is 236 g/mol. The van der Waals surface area contributed by atoms with Crippen molar-refractivity contribution in [2.45, 2.75) is 39.2 Å². The van der Waals surface area contributed by atoms with Gasteiger partial charge in [0.1, 0.15) is 11.4 Å². The predicted molar refractivity (Wildman–Crippen MR) is 68.2 cm³/mol. The average Bonchev–Trinajstić information content (AvgIpc) is 2.38. The number of ether oxygens (including phenoxy) is 1. The van der Waals surface area contributed by atoms with Gasteiger partial charge in [-0.2, -0.15) is 0 Å². The third-order valence-corrected chi connectivity index (χ3v) is 3.19. The van der Waals surface area contributed by atoms with E-state index in [9.17, 15) is 4.79 Å². The second kappa shape index (κ2) is 5.66. The first-order chi connectivity index (χ1) is 8.06. The Labute approximate surface area is 102 Å². The van der Waals surface area contributed by atoms with Gasteiger partial charge in [-0.15, -0.1) is 0 Å². The van der Waals surface area contributed by atoms with Gasteiger partial charge in [0.2, 0.25) is 0 Å². The van der Waals surface area contributed by atoms with E-state index >= 15 is 0 Å². The van der Waals surface area contributed by atoms with Crippen molar-refractivity contribution in [3.8, 4) is 0 Å². The van der Waals surface area contributed by atoms with Gasteiger partial charge in [0.25, 0.3) is 0 Å². The second-order valence-electron chi connectivity index (χ2n) is 4.28. The molecule has 0 spiro atoms. The lowest BCUT2D eigenvalue weighted by Gasteiger charge is -2.29. The fourth-order valence-corrected chi connectivity index (χ4v) is 1.49. The number of pyridine rings is 1. The Morgan fingerprint density at radius 1 is 1.47 bits per heavy atom. The highest BCUT2D eigenvalue weighted by molar-refractivity contribution is 5.94. The molecule has 0 radical (unpaired) electrons. The minimum atomic E-state index is -0.366. The summed E-state index contributed by atoms with van der Waals surface area (Å²) >= 11 is 0. The topological polar surface area (TPSA) is 51.2 Å². The molecule has 0 aliphatic carbocycles. The standard InChI is InChI=1S/C13H20N2O2/c1-5-13(3,6-2)15-11-10(12(16)17-4)8-7-9-14-11/h7-9H,5-6H2,1-4H3,(H,14,15). The zero-order chi connectivity index (χ0) is 12.9. The minimum Gasteiger partial charge on any atom is -0.465 e. The van der Waals surface area contributed by atoms with Gasteiger partial charge in [-0.3, -0.25) is 0 Å². The maximum absolute atomic E-state index is 11.6. The van der Waals surface area contributed by atoms with Crippen LogP contribution in [0, 0.1) is 0 Å². The molecule has 1 heterocycles. The van der Waals surface area contributed by atoms with E-state index in [2.05, 4.69) is 31.1 Å². The number of nitrogens with one attached hydrogen (secondary N) is 1. The number of methoxy groups -OCH3 is 1. The number of carbonyl (C=O) groups excluding carboxylic acids is 1. The van der Waals surface area contributed by atoms with E-state index in [0.717, 1.165) is 12.8 Å². The van der Waals surface area contributed by atoms with E-state index in [4.69, 9.17) is 4.74 Å². The van der Waals surface area contributed by atoms with Gasteiger partial charge in [-0.25, -0.2) is 9.78 Å². The smallest absolute Gasteiger partial charge is 0.341 e. The summed E-state index contributed by atoms with van der Waals surface area (Å²) in [5.74, 6) is 0.223. The summed E-state index contributed by atoms with van der Waals surface area (Å²) in [5.41, 5.74) is 0.417. The van der Waals surface area contributed by atoms with Crippen molar-refractivity contribution in [1.29, 1.82) is 0 Å². The Hall–Kier alpha value is -1.58. The van der Waals surface area contributed by atoms with Crippen molar-refractivity contribution < 1.29 is 9.53 Å². The molecule has 0 unspecified atom stereocenters. The lowest BCUT2D eigenvalue weighted by atomic mass is 9.95. The highest BCUT2D eigenvalue weighted by Crippen LogP contribution is 2.23. The molecule has 1 aromatic heterocycles. The summed E-state index contributed by atoms with van der Waals surface area (Å²) in [7, 11) is 1.37. The SMILES string of the molecule is CCC(C)(CC)Nc1ncccc1C(=O)OC. The fraction of sp³-hybridized carbons (Fsp3) is 0.538. The fourth-order valence-electron chi connectivity index (χ4n) is 1.49. The molecule has 0 bridgehead atoms. The number of aromatic nitrogens is 1. The Balaban J connectivity index is 3.02. The molecular formula is C13H20N2O2. The van der Waals surface area contributed by atoms with E-state index in [1.165, 1.54) is 7.11 Å². The Morgan fingerprint density at radius 2 is 2.12 bits per heavy atom. The number of carbonyl (C=O) groups is 1. The molecule has 0 aliphatic rings. The highest BCUT2D eigenvalue weighted by Gasteiger charge is 2.22. The van der Waals surface area contributed by atoms with Crippen molar-refractivity contribution in [3.63, 3.8) is 0 Å². The second-order valence-corrected chi connectivity index (χ2v) is 4.28. The van der Waals surface area contributed by atoms with Gasteiger partial charge < -0.3 is 10.1 Å². The molecule has 0 saturated carbocycles. The van der Waals surface area contributed by atoms with Gasteiger partial charge in [0.15, 0.2) is 0 Å². The first kappa shape index (κ1) is 13.5. The van der Waals surface area contributed by atoms with Crippen molar-refractivity contribution >= 4 is 11.8 Å². The van der Waals surface area contributed by atoms with Crippen LogP contribution in [0.2, 0.25) is 0 Å². The van der Waals surface area contributed by atoms with Crippen LogP contribution in [-0.2, 0) is 4.74 Å². The third kappa shape index (κ3) is 3.19. The van der Waals surface area contributed by atoms with Gasteiger partial charge in [0, 0.05) is 11.7 Å². The van der Waals surface area contributed by atoms with Crippen LogP contribution in [0.5, 0.6) is 0 Å². The van der Waals surface area contributed by atoms with Crippen LogP contribution < -0.4 is 5.32 Å². The molecule has 0 aliphatic heterocycles. The van der Waals surface area contributed by atoms with E-state index < -0.39 is 0 Å². The lowest BCUT2D eigenvalue weighted by molar-refractivity contribution is 0.0601. The van der Waals surface area contributed by atoms with Gasteiger partial charge in [-0.1, -0.05) is 13.8 Å². The van der Waals surface area contributed by atoms with E-state index in [1.54, 1.807) is 18.3 Å². The Bertz CT molecular complexity index is 387. The van der Waals surface area contributed by atoms with Crippen molar-refractivity contribution in [2.75, 3.05) is 12.4 Å². The summed E-state index contributed by atoms with van der Waals surface area (Å²) in [6.45, 7) is 6.33. The van der Waals surface area contributed by atoms with Gasteiger partial charge in [-0.05, 0) is 31.9 Å². The first-order valence-electron chi connectivity index (χ1n) is 5.87. The van der Waals surface area contributed by atoms with Crippen LogP contribution in [0.3, 0.4) is 0 Å². The molecule has 1 aromatic rings. The summed E-state index contributed by atoms with van der Waals surface area (Å²) in [6.07, 6.45) is 3.59.